The SMILES string of the molecule is CCCOC(=O)c1cccc(N2C(=O)C(Cl)=C(Nc3ccc(Cl)cc3)C2=O)c1. The second-order valence-corrected chi connectivity index (χ2v) is 6.77. The van der Waals surface area contributed by atoms with Crippen LogP contribution in [0.15, 0.2) is 59.3 Å². The zero-order valence-electron chi connectivity index (χ0n) is 14.9. The van der Waals surface area contributed by atoms with E-state index >= 15 is 0 Å². The molecule has 1 aliphatic heterocycles. The highest BCUT2D eigenvalue weighted by Gasteiger charge is 2.39. The summed E-state index contributed by atoms with van der Waals surface area (Å²) in [6.07, 6.45) is 0.688. The van der Waals surface area contributed by atoms with Crippen LogP contribution >= 0.6 is 23.2 Å². The normalized spacial score (nSPS) is 13.9. The Morgan fingerprint density at radius 2 is 1.79 bits per heavy atom. The third-order valence-corrected chi connectivity index (χ3v) is 4.52. The molecule has 8 heteroatoms. The van der Waals surface area contributed by atoms with Crippen LogP contribution in [-0.4, -0.2) is 24.4 Å². The Labute approximate surface area is 171 Å². The summed E-state index contributed by atoms with van der Waals surface area (Å²) in [7, 11) is 0. The minimum Gasteiger partial charge on any atom is -0.462 e. The van der Waals surface area contributed by atoms with Crippen molar-refractivity contribution in [3.63, 3.8) is 0 Å². The lowest BCUT2D eigenvalue weighted by molar-refractivity contribution is -0.120. The first kappa shape index (κ1) is 19.9. The number of halogens is 2. The summed E-state index contributed by atoms with van der Waals surface area (Å²) in [6, 6.07) is 12.7. The smallest absolute Gasteiger partial charge is 0.338 e. The van der Waals surface area contributed by atoms with Gasteiger partial charge in [0.1, 0.15) is 10.7 Å². The molecule has 0 fully saturated rings. The van der Waals surface area contributed by atoms with E-state index in [4.69, 9.17) is 27.9 Å². The van der Waals surface area contributed by atoms with Crippen LogP contribution in [0, 0.1) is 0 Å². The fourth-order valence-electron chi connectivity index (χ4n) is 2.57. The van der Waals surface area contributed by atoms with Crippen molar-refractivity contribution in [1.82, 2.24) is 0 Å². The van der Waals surface area contributed by atoms with Crippen LogP contribution < -0.4 is 10.2 Å². The van der Waals surface area contributed by atoms with Gasteiger partial charge in [-0.3, -0.25) is 9.59 Å². The molecule has 0 bridgehead atoms. The van der Waals surface area contributed by atoms with Crippen LogP contribution in [0.25, 0.3) is 0 Å². The molecule has 1 aliphatic rings. The van der Waals surface area contributed by atoms with Crippen molar-refractivity contribution in [1.29, 1.82) is 0 Å². The predicted molar refractivity (Wildman–Crippen MR) is 107 cm³/mol. The highest BCUT2D eigenvalue weighted by molar-refractivity contribution is 6.53. The lowest BCUT2D eigenvalue weighted by Crippen LogP contribution is -2.32. The van der Waals surface area contributed by atoms with Crippen LogP contribution in [-0.2, 0) is 14.3 Å². The van der Waals surface area contributed by atoms with Crippen molar-refractivity contribution in [3.05, 3.63) is 69.8 Å². The zero-order chi connectivity index (χ0) is 20.3. The summed E-state index contributed by atoms with van der Waals surface area (Å²) >= 11 is 12.0. The number of hydrogen-bond donors (Lipinski definition) is 1. The lowest BCUT2D eigenvalue weighted by atomic mass is 10.2. The predicted octanol–water partition coefficient (Wildman–Crippen LogP) is 4.34. The molecular weight excluding hydrogens is 403 g/mol. The number of anilines is 2. The van der Waals surface area contributed by atoms with Gasteiger partial charge in [-0.1, -0.05) is 36.2 Å². The minimum atomic E-state index is -0.679. The number of imide groups is 1. The largest absolute Gasteiger partial charge is 0.462 e. The van der Waals surface area contributed by atoms with E-state index in [1.807, 2.05) is 6.92 Å². The molecule has 28 heavy (non-hydrogen) atoms. The van der Waals surface area contributed by atoms with Gasteiger partial charge in [-0.15, -0.1) is 0 Å². The molecule has 2 amide bonds. The second kappa shape index (κ2) is 8.46. The standard InChI is InChI=1S/C20H16Cl2N2O4/c1-2-10-28-20(27)12-4-3-5-15(11-12)24-18(25)16(22)17(19(24)26)23-14-8-6-13(21)7-9-14/h3-9,11,23H,2,10H2,1H3. The van der Waals surface area contributed by atoms with Gasteiger partial charge in [-0.05, 0) is 48.9 Å². The zero-order valence-corrected chi connectivity index (χ0v) is 16.4. The number of carbonyl (C=O) groups is 3. The van der Waals surface area contributed by atoms with Gasteiger partial charge in [-0.2, -0.15) is 0 Å². The highest BCUT2D eigenvalue weighted by Crippen LogP contribution is 2.30. The van der Waals surface area contributed by atoms with E-state index in [-0.39, 0.29) is 28.6 Å². The summed E-state index contributed by atoms with van der Waals surface area (Å²) < 4.78 is 5.09. The summed E-state index contributed by atoms with van der Waals surface area (Å²) in [4.78, 5) is 38.3. The maximum Gasteiger partial charge on any atom is 0.338 e. The van der Waals surface area contributed by atoms with Crippen LogP contribution in [0.4, 0.5) is 11.4 Å². The van der Waals surface area contributed by atoms with Gasteiger partial charge < -0.3 is 10.1 Å². The number of amides is 2. The number of nitrogens with one attached hydrogen (secondary N) is 1. The van der Waals surface area contributed by atoms with Crippen LogP contribution in [0.2, 0.25) is 5.02 Å². The first-order valence-corrected chi connectivity index (χ1v) is 9.26. The van der Waals surface area contributed by atoms with Crippen LogP contribution in [0.1, 0.15) is 23.7 Å². The maximum absolute atomic E-state index is 12.8. The molecule has 0 saturated carbocycles. The molecule has 0 saturated heterocycles. The average Bonchev–Trinajstić information content (AvgIpc) is 2.91. The Bertz CT molecular complexity index is 970. The lowest BCUT2D eigenvalue weighted by Gasteiger charge is -2.16. The molecular formula is C20H16Cl2N2O4. The van der Waals surface area contributed by atoms with Crippen molar-refractivity contribution >= 4 is 52.4 Å². The van der Waals surface area contributed by atoms with E-state index in [0.29, 0.717) is 17.1 Å². The number of nitrogens with zero attached hydrogens (tertiary/aromatic N) is 1. The van der Waals surface area contributed by atoms with E-state index in [2.05, 4.69) is 5.32 Å². The van der Waals surface area contributed by atoms with Gasteiger partial charge in [0.05, 0.1) is 17.9 Å². The maximum atomic E-state index is 12.8. The van der Waals surface area contributed by atoms with E-state index in [0.717, 1.165) is 4.90 Å². The Hall–Kier alpha value is -2.83. The van der Waals surface area contributed by atoms with E-state index in [1.54, 1.807) is 42.5 Å². The van der Waals surface area contributed by atoms with Crippen molar-refractivity contribution in [2.24, 2.45) is 0 Å². The van der Waals surface area contributed by atoms with E-state index in [9.17, 15) is 14.4 Å². The number of esters is 1. The number of rotatable bonds is 6. The van der Waals surface area contributed by atoms with Gasteiger partial charge in [-0.25, -0.2) is 9.69 Å². The van der Waals surface area contributed by atoms with E-state index in [1.165, 1.54) is 6.07 Å². The summed E-state index contributed by atoms with van der Waals surface area (Å²) in [5, 5.41) is 3.15. The van der Waals surface area contributed by atoms with Gasteiger partial charge in [0.15, 0.2) is 0 Å². The number of hydrogen-bond acceptors (Lipinski definition) is 5. The summed E-state index contributed by atoms with van der Waals surface area (Å²) in [6.45, 7) is 2.17. The monoisotopic (exact) mass is 418 g/mol. The van der Waals surface area contributed by atoms with Gasteiger partial charge in [0, 0.05) is 10.7 Å². The van der Waals surface area contributed by atoms with Crippen molar-refractivity contribution < 1.29 is 19.1 Å². The number of benzene rings is 2. The van der Waals surface area contributed by atoms with E-state index < -0.39 is 17.8 Å². The van der Waals surface area contributed by atoms with Gasteiger partial charge in [0.25, 0.3) is 11.8 Å². The van der Waals surface area contributed by atoms with Crippen molar-refractivity contribution in [2.45, 2.75) is 13.3 Å². The second-order valence-electron chi connectivity index (χ2n) is 5.95. The van der Waals surface area contributed by atoms with Gasteiger partial charge in [0.2, 0.25) is 0 Å². The molecule has 144 valence electrons. The quantitative estimate of drug-likeness (QED) is 0.557. The average molecular weight is 419 g/mol. The Morgan fingerprint density at radius 3 is 2.46 bits per heavy atom. The van der Waals surface area contributed by atoms with Gasteiger partial charge >= 0.3 is 5.97 Å². The molecule has 2 aromatic rings. The molecule has 0 aliphatic carbocycles. The molecule has 0 atom stereocenters. The van der Waals surface area contributed by atoms with Crippen LogP contribution in [0.3, 0.4) is 0 Å². The Morgan fingerprint density at radius 1 is 1.07 bits per heavy atom. The van der Waals surface area contributed by atoms with Crippen molar-refractivity contribution in [3.8, 4) is 0 Å². The molecule has 2 aromatic carbocycles. The summed E-state index contributed by atoms with van der Waals surface area (Å²) in [5.41, 5.74) is 0.971. The molecule has 0 spiro atoms. The fourth-order valence-corrected chi connectivity index (χ4v) is 2.91. The molecule has 0 radical (unpaired) electrons. The highest BCUT2D eigenvalue weighted by atomic mass is 35.5. The van der Waals surface area contributed by atoms with Crippen molar-refractivity contribution in [2.75, 3.05) is 16.8 Å². The Kier molecular flexibility index (Phi) is 6.02. The summed E-state index contributed by atoms with van der Waals surface area (Å²) in [5.74, 6) is -1.83. The number of carbonyl (C=O) groups excluding carboxylic acids is 3. The van der Waals surface area contributed by atoms with Crippen LogP contribution in [0.5, 0.6) is 0 Å². The molecule has 0 unspecified atom stereocenters. The molecule has 1 heterocycles. The first-order chi connectivity index (χ1) is 13.4. The Balaban J connectivity index is 1.85. The topological polar surface area (TPSA) is 75.7 Å². The third-order valence-electron chi connectivity index (χ3n) is 3.92. The first-order valence-electron chi connectivity index (χ1n) is 8.50. The fraction of sp³-hybridized carbons (Fsp3) is 0.150. The molecule has 1 N–H and O–H groups in total. The number of ether oxygens (including phenoxy) is 1. The molecule has 0 aromatic heterocycles. The molecule has 3 rings (SSSR count). The third kappa shape index (κ3) is 4.03. The molecule has 6 nitrogen and oxygen atoms in total. The minimum absolute atomic E-state index is 0.0482.